The third-order valence-corrected chi connectivity index (χ3v) is 2.02. The van der Waals surface area contributed by atoms with Crippen molar-refractivity contribution >= 4 is 0 Å². The molecule has 0 saturated carbocycles. The van der Waals surface area contributed by atoms with Gasteiger partial charge in [0, 0.05) is 6.07 Å². The lowest BCUT2D eigenvalue weighted by atomic mass is 10.1. The Bertz CT molecular complexity index is 292. The fraction of sp³-hybridized carbons (Fsp3) is 0.500. The molecule has 0 unspecified atom stereocenters. The molecule has 78 valence electrons. The quantitative estimate of drug-likeness (QED) is 0.733. The van der Waals surface area contributed by atoms with Crippen LogP contribution in [0.3, 0.4) is 0 Å². The van der Waals surface area contributed by atoms with Crippen molar-refractivity contribution in [1.82, 2.24) is 0 Å². The lowest BCUT2D eigenvalue weighted by Gasteiger charge is -2.14. The predicted octanol–water partition coefficient (Wildman–Crippen LogP) is 3.04. The molecule has 0 spiro atoms. The van der Waals surface area contributed by atoms with E-state index in [4.69, 9.17) is 9.47 Å². The maximum atomic E-state index is 5.70. The molecule has 0 N–H and O–H groups in total. The zero-order valence-electron chi connectivity index (χ0n) is 9.33. The van der Waals surface area contributed by atoms with Crippen LogP contribution in [0, 0.1) is 0 Å². The first-order valence-electron chi connectivity index (χ1n) is 5.01. The van der Waals surface area contributed by atoms with Gasteiger partial charge in [0.2, 0.25) is 0 Å². The molecule has 1 rings (SSSR count). The molecule has 14 heavy (non-hydrogen) atoms. The summed E-state index contributed by atoms with van der Waals surface area (Å²) in [5.41, 5.74) is 1.22. The van der Waals surface area contributed by atoms with Crippen LogP contribution >= 0.6 is 0 Å². The second-order valence-corrected chi connectivity index (χ2v) is 3.49. The average molecular weight is 194 g/mol. The molecule has 1 aromatic rings. The van der Waals surface area contributed by atoms with Gasteiger partial charge in [-0.15, -0.1) is 0 Å². The highest BCUT2D eigenvalue weighted by atomic mass is 16.5. The van der Waals surface area contributed by atoms with Crippen molar-refractivity contribution in [3.05, 3.63) is 23.8 Å². The SMILES string of the molecule is CCc1ccc(OC)cc1OC(C)C. The van der Waals surface area contributed by atoms with Crippen LogP contribution in [-0.4, -0.2) is 13.2 Å². The van der Waals surface area contributed by atoms with Crippen LogP contribution in [0.2, 0.25) is 0 Å². The van der Waals surface area contributed by atoms with Gasteiger partial charge in [0.25, 0.3) is 0 Å². The smallest absolute Gasteiger partial charge is 0.126 e. The van der Waals surface area contributed by atoms with E-state index in [0.29, 0.717) is 0 Å². The van der Waals surface area contributed by atoms with Crippen molar-refractivity contribution in [3.63, 3.8) is 0 Å². The molecule has 0 aliphatic heterocycles. The number of rotatable bonds is 4. The highest BCUT2D eigenvalue weighted by Gasteiger charge is 2.05. The van der Waals surface area contributed by atoms with Crippen LogP contribution < -0.4 is 9.47 Å². The Balaban J connectivity index is 2.96. The fourth-order valence-electron chi connectivity index (χ4n) is 1.32. The lowest BCUT2D eigenvalue weighted by Crippen LogP contribution is -2.07. The molecule has 0 atom stereocenters. The van der Waals surface area contributed by atoms with Crippen molar-refractivity contribution in [2.24, 2.45) is 0 Å². The first-order chi connectivity index (χ1) is 6.67. The Morgan fingerprint density at radius 1 is 1.29 bits per heavy atom. The third-order valence-electron chi connectivity index (χ3n) is 2.02. The Kier molecular flexibility index (Phi) is 3.81. The molecular formula is C12H18O2. The predicted molar refractivity (Wildman–Crippen MR) is 58.1 cm³/mol. The highest BCUT2D eigenvalue weighted by Crippen LogP contribution is 2.25. The van der Waals surface area contributed by atoms with Gasteiger partial charge in [0.1, 0.15) is 11.5 Å². The molecule has 0 fully saturated rings. The summed E-state index contributed by atoms with van der Waals surface area (Å²) in [6.45, 7) is 6.17. The van der Waals surface area contributed by atoms with Gasteiger partial charge in [-0.3, -0.25) is 0 Å². The summed E-state index contributed by atoms with van der Waals surface area (Å²) in [7, 11) is 1.67. The minimum Gasteiger partial charge on any atom is -0.497 e. The molecular weight excluding hydrogens is 176 g/mol. The largest absolute Gasteiger partial charge is 0.497 e. The fourth-order valence-corrected chi connectivity index (χ4v) is 1.32. The molecule has 0 bridgehead atoms. The molecule has 0 amide bonds. The molecule has 1 aromatic carbocycles. The summed E-state index contributed by atoms with van der Waals surface area (Å²) >= 11 is 0. The number of ether oxygens (including phenoxy) is 2. The van der Waals surface area contributed by atoms with Crippen molar-refractivity contribution in [2.45, 2.75) is 33.3 Å². The number of methoxy groups -OCH3 is 1. The van der Waals surface area contributed by atoms with E-state index < -0.39 is 0 Å². The molecule has 0 saturated heterocycles. The van der Waals surface area contributed by atoms with Crippen molar-refractivity contribution < 1.29 is 9.47 Å². The zero-order valence-corrected chi connectivity index (χ0v) is 9.33. The van der Waals surface area contributed by atoms with E-state index in [1.54, 1.807) is 7.11 Å². The third kappa shape index (κ3) is 2.66. The number of hydrogen-bond donors (Lipinski definition) is 0. The van der Waals surface area contributed by atoms with Crippen molar-refractivity contribution in [3.8, 4) is 11.5 Å². The number of aryl methyl sites for hydroxylation is 1. The molecule has 0 heterocycles. The maximum Gasteiger partial charge on any atom is 0.126 e. The second kappa shape index (κ2) is 4.89. The monoisotopic (exact) mass is 194 g/mol. The average Bonchev–Trinajstić information content (AvgIpc) is 2.16. The standard InChI is InChI=1S/C12H18O2/c1-5-10-6-7-11(13-4)8-12(10)14-9(2)3/h6-9H,5H2,1-4H3. The summed E-state index contributed by atoms with van der Waals surface area (Å²) in [5, 5.41) is 0. The van der Waals surface area contributed by atoms with E-state index in [0.717, 1.165) is 17.9 Å². The lowest BCUT2D eigenvalue weighted by molar-refractivity contribution is 0.239. The molecule has 0 aliphatic carbocycles. The number of benzene rings is 1. The summed E-state index contributed by atoms with van der Waals surface area (Å²) < 4.78 is 10.9. The second-order valence-electron chi connectivity index (χ2n) is 3.49. The highest BCUT2D eigenvalue weighted by molar-refractivity contribution is 5.40. The van der Waals surface area contributed by atoms with Crippen LogP contribution in [0.1, 0.15) is 26.3 Å². The molecule has 0 aliphatic rings. The first kappa shape index (κ1) is 10.9. The minimum absolute atomic E-state index is 0.201. The molecule has 2 nitrogen and oxygen atoms in total. The van der Waals surface area contributed by atoms with Crippen LogP contribution in [0.4, 0.5) is 0 Å². The Labute approximate surface area is 85.8 Å². The van der Waals surface area contributed by atoms with Gasteiger partial charge >= 0.3 is 0 Å². The summed E-state index contributed by atoms with van der Waals surface area (Å²) in [4.78, 5) is 0. The van der Waals surface area contributed by atoms with E-state index in [1.807, 2.05) is 26.0 Å². The van der Waals surface area contributed by atoms with Crippen molar-refractivity contribution in [2.75, 3.05) is 7.11 Å². The Morgan fingerprint density at radius 3 is 2.50 bits per heavy atom. The van der Waals surface area contributed by atoms with Gasteiger partial charge in [-0.05, 0) is 31.9 Å². The van der Waals surface area contributed by atoms with Crippen LogP contribution in [0.5, 0.6) is 11.5 Å². The van der Waals surface area contributed by atoms with Gasteiger partial charge in [-0.1, -0.05) is 13.0 Å². The minimum atomic E-state index is 0.201. The molecule has 0 radical (unpaired) electrons. The van der Waals surface area contributed by atoms with E-state index in [-0.39, 0.29) is 6.10 Å². The Morgan fingerprint density at radius 2 is 2.00 bits per heavy atom. The summed E-state index contributed by atoms with van der Waals surface area (Å²) in [5.74, 6) is 1.78. The van der Waals surface area contributed by atoms with E-state index >= 15 is 0 Å². The van der Waals surface area contributed by atoms with Crippen LogP contribution in [0.25, 0.3) is 0 Å². The van der Waals surface area contributed by atoms with Gasteiger partial charge in [0.15, 0.2) is 0 Å². The van der Waals surface area contributed by atoms with E-state index in [2.05, 4.69) is 13.0 Å². The van der Waals surface area contributed by atoms with Gasteiger partial charge in [-0.25, -0.2) is 0 Å². The van der Waals surface area contributed by atoms with Crippen LogP contribution in [-0.2, 0) is 6.42 Å². The van der Waals surface area contributed by atoms with Gasteiger partial charge in [0.05, 0.1) is 13.2 Å². The number of hydrogen-bond acceptors (Lipinski definition) is 2. The first-order valence-corrected chi connectivity index (χ1v) is 5.01. The van der Waals surface area contributed by atoms with Crippen molar-refractivity contribution in [1.29, 1.82) is 0 Å². The molecule has 2 heteroatoms. The van der Waals surface area contributed by atoms with E-state index in [9.17, 15) is 0 Å². The Hall–Kier alpha value is -1.18. The maximum absolute atomic E-state index is 5.70. The van der Waals surface area contributed by atoms with Gasteiger partial charge in [-0.2, -0.15) is 0 Å². The zero-order chi connectivity index (χ0) is 10.6. The summed E-state index contributed by atoms with van der Waals surface area (Å²) in [6, 6.07) is 5.96. The van der Waals surface area contributed by atoms with E-state index in [1.165, 1.54) is 5.56 Å². The summed E-state index contributed by atoms with van der Waals surface area (Å²) in [6.07, 6.45) is 1.18. The molecule has 0 aromatic heterocycles. The normalized spacial score (nSPS) is 10.4. The van der Waals surface area contributed by atoms with Crippen LogP contribution in [0.15, 0.2) is 18.2 Å². The topological polar surface area (TPSA) is 18.5 Å². The van der Waals surface area contributed by atoms with Gasteiger partial charge < -0.3 is 9.47 Å².